The summed E-state index contributed by atoms with van der Waals surface area (Å²) in [5.41, 5.74) is 0.975. The van der Waals surface area contributed by atoms with Gasteiger partial charge in [-0.25, -0.2) is 0 Å². The van der Waals surface area contributed by atoms with Crippen LogP contribution in [-0.4, -0.2) is 17.7 Å². The molecule has 0 saturated carbocycles. The van der Waals surface area contributed by atoms with Crippen molar-refractivity contribution in [2.75, 3.05) is 6.61 Å². The van der Waals surface area contributed by atoms with E-state index in [0.717, 1.165) is 5.56 Å². The predicted molar refractivity (Wildman–Crippen MR) is 78.2 cm³/mol. The van der Waals surface area contributed by atoms with Gasteiger partial charge in [-0.3, -0.25) is 4.79 Å². The smallest absolute Gasteiger partial charge is 0.310 e. The summed E-state index contributed by atoms with van der Waals surface area (Å²) in [5, 5.41) is 9.75. The molecule has 2 aromatic rings. The van der Waals surface area contributed by atoms with E-state index in [1.54, 1.807) is 24.3 Å². The fraction of sp³-hybridized carbons (Fsp3) is 0.188. The van der Waals surface area contributed by atoms with E-state index in [2.05, 4.69) is 0 Å². The van der Waals surface area contributed by atoms with E-state index in [1.165, 1.54) is 0 Å². The molecule has 0 saturated heterocycles. The van der Waals surface area contributed by atoms with Crippen LogP contribution in [0.3, 0.4) is 0 Å². The molecule has 3 nitrogen and oxygen atoms in total. The van der Waals surface area contributed by atoms with E-state index >= 15 is 0 Å². The standard InChI is InChI=1S/C16H15ClO3/c17-14-8-4-5-9-15(14)20-11-13(16(18)19)10-12-6-2-1-3-7-12/h1-9,13H,10-11H2,(H,18,19). The van der Waals surface area contributed by atoms with Gasteiger partial charge < -0.3 is 9.84 Å². The van der Waals surface area contributed by atoms with Gasteiger partial charge >= 0.3 is 5.97 Å². The third-order valence-corrected chi connectivity index (χ3v) is 3.26. The van der Waals surface area contributed by atoms with Gasteiger partial charge in [0.15, 0.2) is 0 Å². The number of ether oxygens (including phenoxy) is 1. The first-order valence-electron chi connectivity index (χ1n) is 6.31. The molecule has 0 heterocycles. The Morgan fingerprint density at radius 2 is 1.75 bits per heavy atom. The largest absolute Gasteiger partial charge is 0.491 e. The van der Waals surface area contributed by atoms with Crippen LogP contribution < -0.4 is 4.74 Å². The third-order valence-electron chi connectivity index (χ3n) is 2.95. The van der Waals surface area contributed by atoms with Gasteiger partial charge in [-0.15, -0.1) is 0 Å². The first-order valence-corrected chi connectivity index (χ1v) is 6.68. The summed E-state index contributed by atoms with van der Waals surface area (Å²) >= 11 is 5.98. The molecule has 0 bridgehead atoms. The molecular formula is C16H15ClO3. The monoisotopic (exact) mass is 290 g/mol. The van der Waals surface area contributed by atoms with Crippen LogP contribution in [0.2, 0.25) is 5.02 Å². The quantitative estimate of drug-likeness (QED) is 0.883. The summed E-state index contributed by atoms with van der Waals surface area (Å²) in [6.45, 7) is 0.0912. The zero-order valence-corrected chi connectivity index (χ0v) is 11.6. The summed E-state index contributed by atoms with van der Waals surface area (Å²) in [4.78, 5) is 11.3. The van der Waals surface area contributed by atoms with Crippen LogP contribution in [0.4, 0.5) is 0 Å². The van der Waals surface area contributed by atoms with Crippen molar-refractivity contribution in [3.63, 3.8) is 0 Å². The topological polar surface area (TPSA) is 46.5 Å². The lowest BCUT2D eigenvalue weighted by Gasteiger charge is -2.14. The Hall–Kier alpha value is -2.00. The summed E-state index contributed by atoms with van der Waals surface area (Å²) < 4.78 is 5.52. The number of benzene rings is 2. The first-order chi connectivity index (χ1) is 9.66. The lowest BCUT2D eigenvalue weighted by atomic mass is 10.0. The molecule has 2 aromatic carbocycles. The zero-order chi connectivity index (χ0) is 14.4. The Kier molecular flexibility index (Phi) is 5.02. The van der Waals surface area contributed by atoms with Crippen molar-refractivity contribution < 1.29 is 14.6 Å². The van der Waals surface area contributed by atoms with Crippen molar-refractivity contribution in [1.82, 2.24) is 0 Å². The molecule has 0 aliphatic heterocycles. The number of hydrogen-bond donors (Lipinski definition) is 1. The molecule has 4 heteroatoms. The molecule has 20 heavy (non-hydrogen) atoms. The molecule has 0 radical (unpaired) electrons. The van der Waals surface area contributed by atoms with Crippen LogP contribution in [0.15, 0.2) is 54.6 Å². The molecule has 0 fully saturated rings. The summed E-state index contributed by atoms with van der Waals surface area (Å²) in [7, 11) is 0. The molecule has 104 valence electrons. The van der Waals surface area contributed by atoms with Gasteiger partial charge in [0.05, 0.1) is 10.9 Å². The average Bonchev–Trinajstić information content (AvgIpc) is 2.46. The molecule has 0 spiro atoms. The molecule has 1 N–H and O–H groups in total. The van der Waals surface area contributed by atoms with Crippen molar-refractivity contribution in [2.45, 2.75) is 6.42 Å². The van der Waals surface area contributed by atoms with E-state index < -0.39 is 11.9 Å². The first kappa shape index (κ1) is 14.4. The molecule has 0 amide bonds. The summed E-state index contributed by atoms with van der Waals surface area (Å²) in [5.74, 6) is -0.969. The van der Waals surface area contributed by atoms with Crippen molar-refractivity contribution in [3.05, 3.63) is 65.2 Å². The van der Waals surface area contributed by atoms with Crippen LogP contribution in [-0.2, 0) is 11.2 Å². The number of carboxylic acid groups (broad SMARTS) is 1. The van der Waals surface area contributed by atoms with Crippen molar-refractivity contribution in [2.24, 2.45) is 5.92 Å². The van der Waals surface area contributed by atoms with Crippen molar-refractivity contribution in [1.29, 1.82) is 0 Å². The number of hydrogen-bond acceptors (Lipinski definition) is 2. The Bertz CT molecular complexity index is 569. The minimum atomic E-state index is -0.874. The van der Waals surface area contributed by atoms with Gasteiger partial charge in [0, 0.05) is 0 Å². The predicted octanol–water partition coefficient (Wildman–Crippen LogP) is 3.66. The third kappa shape index (κ3) is 4.00. The van der Waals surface area contributed by atoms with Gasteiger partial charge in [-0.2, -0.15) is 0 Å². The number of rotatable bonds is 6. The van der Waals surface area contributed by atoms with Crippen molar-refractivity contribution >= 4 is 17.6 Å². The van der Waals surface area contributed by atoms with Gasteiger partial charge in [0.2, 0.25) is 0 Å². The summed E-state index contributed by atoms with van der Waals surface area (Å²) in [6, 6.07) is 16.5. The Morgan fingerprint density at radius 3 is 2.40 bits per heavy atom. The lowest BCUT2D eigenvalue weighted by Crippen LogP contribution is -2.23. The maximum atomic E-state index is 11.3. The van der Waals surface area contributed by atoms with Crippen LogP contribution in [0.5, 0.6) is 5.75 Å². The number of para-hydroxylation sites is 1. The van der Waals surface area contributed by atoms with Gasteiger partial charge in [0.25, 0.3) is 0 Å². The maximum Gasteiger partial charge on any atom is 0.310 e. The average molecular weight is 291 g/mol. The highest BCUT2D eigenvalue weighted by molar-refractivity contribution is 6.32. The van der Waals surface area contributed by atoms with Crippen LogP contribution in [0.1, 0.15) is 5.56 Å². The van der Waals surface area contributed by atoms with E-state index in [0.29, 0.717) is 17.2 Å². The summed E-state index contributed by atoms with van der Waals surface area (Å²) in [6.07, 6.45) is 0.431. The molecule has 0 aliphatic carbocycles. The molecular weight excluding hydrogens is 276 g/mol. The molecule has 1 atom stereocenters. The lowest BCUT2D eigenvalue weighted by molar-refractivity contribution is -0.142. The number of carboxylic acids is 1. The fourth-order valence-electron chi connectivity index (χ4n) is 1.87. The Balaban J connectivity index is 2.00. The second-order valence-corrected chi connectivity index (χ2v) is 4.87. The van der Waals surface area contributed by atoms with Gasteiger partial charge in [0.1, 0.15) is 12.4 Å². The molecule has 0 aromatic heterocycles. The fourth-order valence-corrected chi connectivity index (χ4v) is 2.06. The second-order valence-electron chi connectivity index (χ2n) is 4.47. The van der Waals surface area contributed by atoms with Crippen molar-refractivity contribution in [3.8, 4) is 5.75 Å². The molecule has 0 aliphatic rings. The number of carbonyl (C=O) groups is 1. The highest BCUT2D eigenvalue weighted by Gasteiger charge is 2.19. The van der Waals surface area contributed by atoms with Gasteiger partial charge in [-0.05, 0) is 24.1 Å². The minimum absolute atomic E-state index is 0.0912. The zero-order valence-electron chi connectivity index (χ0n) is 10.8. The number of aliphatic carboxylic acids is 1. The van der Waals surface area contributed by atoms with E-state index in [-0.39, 0.29) is 6.61 Å². The Morgan fingerprint density at radius 1 is 1.10 bits per heavy atom. The van der Waals surface area contributed by atoms with E-state index in [9.17, 15) is 9.90 Å². The molecule has 2 rings (SSSR count). The SMILES string of the molecule is O=C(O)C(COc1ccccc1Cl)Cc1ccccc1. The van der Waals surface area contributed by atoms with Gasteiger partial charge in [-0.1, -0.05) is 54.1 Å². The van der Waals surface area contributed by atoms with E-state index in [1.807, 2.05) is 30.3 Å². The maximum absolute atomic E-state index is 11.3. The molecule has 1 unspecified atom stereocenters. The highest BCUT2D eigenvalue weighted by Crippen LogP contribution is 2.24. The van der Waals surface area contributed by atoms with Crippen LogP contribution in [0, 0.1) is 5.92 Å². The normalized spacial score (nSPS) is 11.8. The van der Waals surface area contributed by atoms with Crippen LogP contribution >= 0.6 is 11.6 Å². The highest BCUT2D eigenvalue weighted by atomic mass is 35.5. The van der Waals surface area contributed by atoms with E-state index in [4.69, 9.17) is 16.3 Å². The Labute approximate surface area is 122 Å². The second kappa shape index (κ2) is 6.96. The minimum Gasteiger partial charge on any atom is -0.491 e. The number of halogens is 1. The van der Waals surface area contributed by atoms with Crippen LogP contribution in [0.25, 0.3) is 0 Å².